The lowest BCUT2D eigenvalue weighted by Crippen LogP contribution is -2.36. The smallest absolute Gasteiger partial charge is 0.225 e. The zero-order valence-electron chi connectivity index (χ0n) is 11.9. The minimum atomic E-state index is 0.124. The van der Waals surface area contributed by atoms with Crippen molar-refractivity contribution in [2.45, 2.75) is 54.4 Å². The number of nitrogens with zero attached hydrogens (tertiary/aromatic N) is 1. The highest BCUT2D eigenvalue weighted by Gasteiger charge is 2.18. The molecule has 0 bridgehead atoms. The van der Waals surface area contributed by atoms with Gasteiger partial charge in [0.05, 0.1) is 0 Å². The highest BCUT2D eigenvalue weighted by atomic mass is 16.2. The molecule has 96 valence electrons. The molecule has 0 fully saturated rings. The Morgan fingerprint density at radius 3 is 2.00 bits per heavy atom. The van der Waals surface area contributed by atoms with Crippen molar-refractivity contribution in [2.75, 3.05) is 13.1 Å². The van der Waals surface area contributed by atoms with Crippen LogP contribution in [0.3, 0.4) is 0 Å². The van der Waals surface area contributed by atoms with E-state index in [0.717, 1.165) is 31.3 Å². The maximum Gasteiger partial charge on any atom is 0.225 e. The lowest BCUT2D eigenvalue weighted by molar-refractivity contribution is -0.134. The maximum atomic E-state index is 11.9. The third kappa shape index (κ3) is 5.00. The second kappa shape index (κ2) is 7.70. The quantitative estimate of drug-likeness (QED) is 0.651. The van der Waals surface area contributed by atoms with Crippen molar-refractivity contribution in [3.63, 3.8) is 0 Å². The summed E-state index contributed by atoms with van der Waals surface area (Å²) in [6.45, 7) is 14.6. The molecule has 0 saturated heterocycles. The van der Waals surface area contributed by atoms with Gasteiger partial charge in [-0.15, -0.1) is 0 Å². The second-order valence-electron chi connectivity index (χ2n) is 5.27. The molecule has 0 heterocycles. The van der Waals surface area contributed by atoms with E-state index >= 15 is 0 Å². The first-order valence-corrected chi connectivity index (χ1v) is 6.72. The molecule has 16 heavy (non-hydrogen) atoms. The maximum absolute atomic E-state index is 11.9. The Labute approximate surface area is 101 Å². The molecular formula is C14H29NO. The van der Waals surface area contributed by atoms with Gasteiger partial charge in [0.15, 0.2) is 0 Å². The number of carbonyl (C=O) groups is 1. The fourth-order valence-corrected chi connectivity index (χ4v) is 2.12. The van der Waals surface area contributed by atoms with Crippen LogP contribution in [0, 0.1) is 17.8 Å². The van der Waals surface area contributed by atoms with Gasteiger partial charge in [-0.1, -0.05) is 41.0 Å². The Balaban J connectivity index is 4.18. The van der Waals surface area contributed by atoms with Crippen LogP contribution in [0.4, 0.5) is 0 Å². The molecule has 2 nitrogen and oxygen atoms in total. The van der Waals surface area contributed by atoms with Crippen LogP contribution in [0.5, 0.6) is 0 Å². The van der Waals surface area contributed by atoms with Gasteiger partial charge in [0.1, 0.15) is 0 Å². The molecule has 0 aromatic carbocycles. The van der Waals surface area contributed by atoms with E-state index in [1.54, 1.807) is 0 Å². The van der Waals surface area contributed by atoms with Crippen molar-refractivity contribution < 1.29 is 4.79 Å². The predicted molar refractivity (Wildman–Crippen MR) is 70.3 cm³/mol. The van der Waals surface area contributed by atoms with Crippen molar-refractivity contribution in [2.24, 2.45) is 17.8 Å². The summed E-state index contributed by atoms with van der Waals surface area (Å²) in [5.74, 6) is 1.88. The van der Waals surface area contributed by atoms with Gasteiger partial charge in [-0.25, -0.2) is 0 Å². The normalized spacial score (nSPS) is 13.2. The molecule has 0 aromatic rings. The molecular weight excluding hydrogens is 198 g/mol. The van der Waals surface area contributed by atoms with Crippen molar-refractivity contribution in [3.05, 3.63) is 0 Å². The van der Waals surface area contributed by atoms with Crippen LogP contribution in [0.15, 0.2) is 0 Å². The molecule has 1 unspecified atom stereocenters. The van der Waals surface area contributed by atoms with Crippen LogP contribution < -0.4 is 0 Å². The summed E-state index contributed by atoms with van der Waals surface area (Å²) in [5.41, 5.74) is 0. The summed E-state index contributed by atoms with van der Waals surface area (Å²) in [6, 6.07) is 0. The van der Waals surface area contributed by atoms with Gasteiger partial charge >= 0.3 is 0 Å². The van der Waals surface area contributed by atoms with Crippen molar-refractivity contribution in [1.82, 2.24) is 4.90 Å². The van der Waals surface area contributed by atoms with E-state index < -0.39 is 0 Å². The molecule has 0 aliphatic carbocycles. The molecule has 0 spiro atoms. The minimum absolute atomic E-state index is 0.124. The van der Waals surface area contributed by atoms with E-state index in [9.17, 15) is 4.79 Å². The molecule has 0 aliphatic heterocycles. The Kier molecular flexibility index (Phi) is 7.44. The van der Waals surface area contributed by atoms with E-state index in [4.69, 9.17) is 0 Å². The molecule has 0 saturated carbocycles. The monoisotopic (exact) mass is 227 g/mol. The van der Waals surface area contributed by atoms with E-state index in [1.165, 1.54) is 6.42 Å². The lowest BCUT2D eigenvalue weighted by Gasteiger charge is -2.26. The first kappa shape index (κ1) is 15.5. The number of rotatable bonds is 7. The first-order valence-electron chi connectivity index (χ1n) is 6.72. The largest absolute Gasteiger partial charge is 0.343 e. The molecule has 1 atom stereocenters. The van der Waals surface area contributed by atoms with Gasteiger partial charge in [0.2, 0.25) is 5.91 Å². The van der Waals surface area contributed by atoms with Gasteiger partial charge < -0.3 is 4.90 Å². The average molecular weight is 227 g/mol. The third-order valence-corrected chi connectivity index (χ3v) is 3.42. The van der Waals surface area contributed by atoms with Crippen LogP contribution in [0.1, 0.15) is 54.4 Å². The van der Waals surface area contributed by atoms with E-state index in [-0.39, 0.29) is 5.92 Å². The summed E-state index contributed by atoms with van der Waals surface area (Å²) in [7, 11) is 0. The zero-order chi connectivity index (χ0) is 12.7. The SMILES string of the molecule is CCC(CCN(CC)C(=O)C(C)C)C(C)C. The van der Waals surface area contributed by atoms with Gasteiger partial charge in [0, 0.05) is 19.0 Å². The van der Waals surface area contributed by atoms with Crippen molar-refractivity contribution in [1.29, 1.82) is 0 Å². The highest BCUT2D eigenvalue weighted by Crippen LogP contribution is 2.19. The third-order valence-electron chi connectivity index (χ3n) is 3.42. The standard InChI is InChI=1S/C14H29NO/c1-7-13(11(3)4)9-10-15(8-2)14(16)12(5)6/h11-13H,7-10H2,1-6H3. The van der Waals surface area contributed by atoms with E-state index in [2.05, 4.69) is 27.7 Å². The summed E-state index contributed by atoms with van der Waals surface area (Å²) in [6.07, 6.45) is 2.35. The second-order valence-corrected chi connectivity index (χ2v) is 5.27. The average Bonchev–Trinajstić information content (AvgIpc) is 2.23. The van der Waals surface area contributed by atoms with E-state index in [1.807, 2.05) is 18.7 Å². The number of hydrogen-bond acceptors (Lipinski definition) is 1. The Morgan fingerprint density at radius 2 is 1.69 bits per heavy atom. The van der Waals surface area contributed by atoms with Gasteiger partial charge in [-0.3, -0.25) is 4.79 Å². The van der Waals surface area contributed by atoms with Gasteiger partial charge in [-0.05, 0) is 25.2 Å². The van der Waals surface area contributed by atoms with Crippen molar-refractivity contribution in [3.8, 4) is 0 Å². The van der Waals surface area contributed by atoms with Crippen LogP contribution >= 0.6 is 0 Å². The summed E-state index contributed by atoms with van der Waals surface area (Å²) in [5, 5.41) is 0. The van der Waals surface area contributed by atoms with Crippen LogP contribution in [0.2, 0.25) is 0 Å². The van der Waals surface area contributed by atoms with Crippen LogP contribution in [-0.2, 0) is 4.79 Å². The summed E-state index contributed by atoms with van der Waals surface area (Å²) in [4.78, 5) is 13.9. The minimum Gasteiger partial charge on any atom is -0.343 e. The number of carbonyl (C=O) groups excluding carboxylic acids is 1. The lowest BCUT2D eigenvalue weighted by atomic mass is 9.90. The molecule has 0 aliphatic rings. The number of hydrogen-bond donors (Lipinski definition) is 0. The molecule has 1 amide bonds. The van der Waals surface area contributed by atoms with E-state index in [0.29, 0.717) is 5.91 Å². The topological polar surface area (TPSA) is 20.3 Å². The van der Waals surface area contributed by atoms with Crippen LogP contribution in [-0.4, -0.2) is 23.9 Å². The summed E-state index contributed by atoms with van der Waals surface area (Å²) >= 11 is 0. The molecule has 0 aromatic heterocycles. The molecule has 0 rings (SSSR count). The Morgan fingerprint density at radius 1 is 1.12 bits per heavy atom. The zero-order valence-corrected chi connectivity index (χ0v) is 11.9. The van der Waals surface area contributed by atoms with Crippen LogP contribution in [0.25, 0.3) is 0 Å². The first-order chi connectivity index (χ1) is 7.43. The van der Waals surface area contributed by atoms with Gasteiger partial charge in [0.25, 0.3) is 0 Å². The molecule has 2 heteroatoms. The predicted octanol–water partition coefficient (Wildman–Crippen LogP) is 3.56. The molecule has 0 N–H and O–H groups in total. The van der Waals surface area contributed by atoms with Crippen molar-refractivity contribution >= 4 is 5.91 Å². The fraction of sp³-hybridized carbons (Fsp3) is 0.929. The van der Waals surface area contributed by atoms with Gasteiger partial charge in [-0.2, -0.15) is 0 Å². The molecule has 0 radical (unpaired) electrons. The summed E-state index contributed by atoms with van der Waals surface area (Å²) < 4.78 is 0. The Hall–Kier alpha value is -0.530. The fourth-order valence-electron chi connectivity index (χ4n) is 2.12. The highest BCUT2D eigenvalue weighted by molar-refractivity contribution is 5.78. The Bertz CT molecular complexity index is 199. The number of amides is 1.